The molecule has 0 aromatic carbocycles. The smallest absolute Gasteiger partial charge is 0.237 e. The van der Waals surface area contributed by atoms with Gasteiger partial charge in [-0.25, -0.2) is 0 Å². The Morgan fingerprint density at radius 2 is 2.19 bits per heavy atom. The molecule has 1 aliphatic carbocycles. The lowest BCUT2D eigenvalue weighted by Crippen LogP contribution is -2.49. The molecule has 4 atom stereocenters. The predicted molar refractivity (Wildman–Crippen MR) is 67.0 cm³/mol. The van der Waals surface area contributed by atoms with Gasteiger partial charge in [-0.3, -0.25) is 4.79 Å². The molecule has 0 saturated heterocycles. The van der Waals surface area contributed by atoms with Crippen LogP contribution in [0.3, 0.4) is 0 Å². The van der Waals surface area contributed by atoms with Crippen molar-refractivity contribution in [1.82, 2.24) is 5.32 Å². The quantitative estimate of drug-likeness (QED) is 0.771. The van der Waals surface area contributed by atoms with Crippen LogP contribution >= 0.6 is 0 Å². The number of nitrogens with one attached hydrogen (secondary N) is 1. The first-order valence-electron chi connectivity index (χ1n) is 6.60. The molecule has 0 spiro atoms. The van der Waals surface area contributed by atoms with Crippen molar-refractivity contribution in [2.45, 2.75) is 65.0 Å². The highest BCUT2D eigenvalue weighted by atomic mass is 16.2. The summed E-state index contributed by atoms with van der Waals surface area (Å²) in [6.45, 7) is 6.36. The van der Waals surface area contributed by atoms with E-state index in [9.17, 15) is 4.79 Å². The first-order chi connectivity index (χ1) is 7.54. The third kappa shape index (κ3) is 3.78. The summed E-state index contributed by atoms with van der Waals surface area (Å²) < 4.78 is 0. The Morgan fingerprint density at radius 1 is 1.50 bits per heavy atom. The molecule has 2 unspecified atom stereocenters. The van der Waals surface area contributed by atoms with Crippen LogP contribution in [-0.2, 0) is 4.79 Å². The van der Waals surface area contributed by atoms with Gasteiger partial charge >= 0.3 is 0 Å². The molecule has 1 aliphatic rings. The zero-order valence-electron chi connectivity index (χ0n) is 10.8. The zero-order chi connectivity index (χ0) is 12.1. The number of nitrogens with two attached hydrogens (primary N) is 1. The Bertz CT molecular complexity index is 230. The molecule has 0 aromatic rings. The maximum absolute atomic E-state index is 11.9. The van der Waals surface area contributed by atoms with E-state index in [1.807, 2.05) is 6.92 Å². The summed E-state index contributed by atoms with van der Waals surface area (Å²) in [5.41, 5.74) is 5.91. The largest absolute Gasteiger partial charge is 0.352 e. The third-order valence-electron chi connectivity index (χ3n) is 3.84. The van der Waals surface area contributed by atoms with Crippen LogP contribution < -0.4 is 11.1 Å². The Balaban J connectivity index is 2.38. The topological polar surface area (TPSA) is 55.1 Å². The average Bonchev–Trinajstić information content (AvgIpc) is 2.27. The molecule has 1 saturated carbocycles. The Kier molecular flexibility index (Phi) is 5.26. The summed E-state index contributed by atoms with van der Waals surface area (Å²) in [4.78, 5) is 11.9. The van der Waals surface area contributed by atoms with Gasteiger partial charge in [-0.1, -0.05) is 40.0 Å². The van der Waals surface area contributed by atoms with Gasteiger partial charge in [0.25, 0.3) is 0 Å². The minimum atomic E-state index is -0.345. The fraction of sp³-hybridized carbons (Fsp3) is 0.923. The molecule has 0 radical (unpaired) electrons. The number of carbonyl (C=O) groups is 1. The van der Waals surface area contributed by atoms with E-state index in [0.717, 1.165) is 25.2 Å². The molecule has 3 N–H and O–H groups in total. The fourth-order valence-corrected chi connectivity index (χ4v) is 2.37. The standard InChI is InChI=1S/C13H26N2O/c1-4-10(3)12(14)13(16)15-11-7-5-6-9(2)8-11/h9-12H,4-8,14H2,1-3H3,(H,15,16)/t9?,10-,11?,12-/m0/s1. The van der Waals surface area contributed by atoms with Crippen LogP contribution in [0.1, 0.15) is 52.9 Å². The Hall–Kier alpha value is -0.570. The minimum Gasteiger partial charge on any atom is -0.352 e. The summed E-state index contributed by atoms with van der Waals surface area (Å²) in [6.07, 6.45) is 5.70. The lowest BCUT2D eigenvalue weighted by Gasteiger charge is -2.29. The van der Waals surface area contributed by atoms with Gasteiger partial charge in [-0.05, 0) is 24.7 Å². The van der Waals surface area contributed by atoms with E-state index >= 15 is 0 Å². The van der Waals surface area contributed by atoms with E-state index < -0.39 is 0 Å². The van der Waals surface area contributed by atoms with Crippen molar-refractivity contribution in [3.63, 3.8) is 0 Å². The fourth-order valence-electron chi connectivity index (χ4n) is 2.37. The second kappa shape index (κ2) is 6.24. The van der Waals surface area contributed by atoms with Gasteiger partial charge < -0.3 is 11.1 Å². The first kappa shape index (κ1) is 13.5. The molecule has 94 valence electrons. The van der Waals surface area contributed by atoms with Crippen LogP contribution in [0.25, 0.3) is 0 Å². The molecule has 0 aromatic heterocycles. The lowest BCUT2D eigenvalue weighted by molar-refractivity contribution is -0.124. The van der Waals surface area contributed by atoms with Gasteiger partial charge in [-0.15, -0.1) is 0 Å². The average molecular weight is 226 g/mol. The molecule has 1 fully saturated rings. The third-order valence-corrected chi connectivity index (χ3v) is 3.84. The van der Waals surface area contributed by atoms with Gasteiger partial charge in [0.1, 0.15) is 0 Å². The number of rotatable bonds is 4. The maximum Gasteiger partial charge on any atom is 0.237 e. The zero-order valence-corrected chi connectivity index (χ0v) is 10.8. The normalized spacial score (nSPS) is 29.5. The Morgan fingerprint density at radius 3 is 2.75 bits per heavy atom. The lowest BCUT2D eigenvalue weighted by atomic mass is 9.86. The van der Waals surface area contributed by atoms with Crippen LogP contribution in [-0.4, -0.2) is 18.0 Å². The molecular formula is C13H26N2O. The summed E-state index contributed by atoms with van der Waals surface area (Å²) in [5.74, 6) is 1.04. The molecular weight excluding hydrogens is 200 g/mol. The van der Waals surface area contributed by atoms with Crippen LogP contribution in [0.4, 0.5) is 0 Å². The van der Waals surface area contributed by atoms with Crippen molar-refractivity contribution in [2.75, 3.05) is 0 Å². The van der Waals surface area contributed by atoms with Crippen LogP contribution in [0.15, 0.2) is 0 Å². The monoisotopic (exact) mass is 226 g/mol. The molecule has 0 bridgehead atoms. The highest BCUT2D eigenvalue weighted by Gasteiger charge is 2.24. The summed E-state index contributed by atoms with van der Waals surface area (Å²) in [7, 11) is 0. The molecule has 0 heterocycles. The maximum atomic E-state index is 11.9. The predicted octanol–water partition coefficient (Wildman–Crippen LogP) is 2.05. The van der Waals surface area contributed by atoms with Crippen molar-refractivity contribution in [3.05, 3.63) is 0 Å². The molecule has 1 amide bonds. The van der Waals surface area contributed by atoms with Gasteiger partial charge in [0.05, 0.1) is 6.04 Å². The molecule has 16 heavy (non-hydrogen) atoms. The first-order valence-corrected chi connectivity index (χ1v) is 6.60. The van der Waals surface area contributed by atoms with Crippen LogP contribution in [0.2, 0.25) is 0 Å². The SMILES string of the molecule is CC[C@H](C)[C@H](N)C(=O)NC1CCCC(C)C1. The Labute approximate surface area is 99.2 Å². The summed E-state index contributed by atoms with van der Waals surface area (Å²) in [6, 6.07) is 0.00795. The number of amides is 1. The van der Waals surface area contributed by atoms with Crippen molar-refractivity contribution in [2.24, 2.45) is 17.6 Å². The second-order valence-corrected chi connectivity index (χ2v) is 5.39. The van der Waals surface area contributed by atoms with Gasteiger partial charge in [-0.2, -0.15) is 0 Å². The highest BCUT2D eigenvalue weighted by Crippen LogP contribution is 2.23. The van der Waals surface area contributed by atoms with Crippen LogP contribution in [0, 0.1) is 11.8 Å². The second-order valence-electron chi connectivity index (χ2n) is 5.39. The molecule has 3 heteroatoms. The van der Waals surface area contributed by atoms with E-state index in [2.05, 4.69) is 19.2 Å². The van der Waals surface area contributed by atoms with E-state index in [1.54, 1.807) is 0 Å². The van der Waals surface area contributed by atoms with E-state index in [1.165, 1.54) is 12.8 Å². The van der Waals surface area contributed by atoms with Gasteiger partial charge in [0.15, 0.2) is 0 Å². The number of hydrogen-bond acceptors (Lipinski definition) is 2. The highest BCUT2D eigenvalue weighted by molar-refractivity contribution is 5.82. The van der Waals surface area contributed by atoms with E-state index in [-0.39, 0.29) is 17.9 Å². The van der Waals surface area contributed by atoms with Gasteiger partial charge in [0.2, 0.25) is 5.91 Å². The van der Waals surface area contributed by atoms with Crippen molar-refractivity contribution in [3.8, 4) is 0 Å². The molecule has 0 aliphatic heterocycles. The number of hydrogen-bond donors (Lipinski definition) is 2. The van der Waals surface area contributed by atoms with E-state index in [4.69, 9.17) is 5.73 Å². The van der Waals surface area contributed by atoms with E-state index in [0.29, 0.717) is 6.04 Å². The van der Waals surface area contributed by atoms with Crippen LogP contribution in [0.5, 0.6) is 0 Å². The molecule has 3 nitrogen and oxygen atoms in total. The molecule has 1 rings (SSSR count). The van der Waals surface area contributed by atoms with Crippen molar-refractivity contribution < 1.29 is 4.79 Å². The van der Waals surface area contributed by atoms with Crippen molar-refractivity contribution >= 4 is 5.91 Å². The summed E-state index contributed by atoms with van der Waals surface area (Å²) in [5, 5.41) is 3.10. The van der Waals surface area contributed by atoms with Gasteiger partial charge in [0, 0.05) is 6.04 Å². The number of carbonyl (C=O) groups excluding carboxylic acids is 1. The minimum absolute atomic E-state index is 0.0356. The van der Waals surface area contributed by atoms with Crippen molar-refractivity contribution in [1.29, 1.82) is 0 Å². The summed E-state index contributed by atoms with van der Waals surface area (Å²) >= 11 is 0.